The maximum atomic E-state index is 13.0. The molecule has 0 fully saturated rings. The zero-order chi connectivity index (χ0) is 16.3. The van der Waals surface area contributed by atoms with Crippen LogP contribution in [-0.4, -0.2) is 18.0 Å². The van der Waals surface area contributed by atoms with E-state index in [1.165, 1.54) is 19.2 Å². The lowest BCUT2D eigenvalue weighted by molar-refractivity contribution is -0.385. The highest BCUT2D eigenvalue weighted by Gasteiger charge is 2.21. The molecule has 0 radical (unpaired) electrons. The van der Waals surface area contributed by atoms with Gasteiger partial charge in [0.05, 0.1) is 28.7 Å². The minimum absolute atomic E-state index is 0.104. The molecule has 22 heavy (non-hydrogen) atoms. The summed E-state index contributed by atoms with van der Waals surface area (Å²) in [5, 5.41) is 10.9. The average molecular weight is 326 g/mol. The summed E-state index contributed by atoms with van der Waals surface area (Å²) in [6.07, 6.45) is 0. The Bertz CT molecular complexity index is 750. The maximum Gasteiger partial charge on any atom is 0.345 e. The number of rotatable bonds is 4. The third-order valence-corrected chi connectivity index (χ3v) is 3.03. The van der Waals surface area contributed by atoms with Gasteiger partial charge in [-0.15, -0.1) is 0 Å². The molecular formula is C14H9ClFNO5. The maximum absolute atomic E-state index is 13.0. The molecule has 114 valence electrons. The molecule has 8 heteroatoms. The Morgan fingerprint density at radius 1 is 1.27 bits per heavy atom. The second kappa shape index (κ2) is 6.40. The SMILES string of the molecule is COc1ccc(OC(=O)c2ccc(F)cc2Cl)c([N+](=O)[O-])c1. The summed E-state index contributed by atoms with van der Waals surface area (Å²) >= 11 is 5.75. The van der Waals surface area contributed by atoms with Crippen LogP contribution in [0.3, 0.4) is 0 Å². The summed E-state index contributed by atoms with van der Waals surface area (Å²) in [7, 11) is 1.35. The van der Waals surface area contributed by atoms with Gasteiger partial charge < -0.3 is 9.47 Å². The van der Waals surface area contributed by atoms with Crippen molar-refractivity contribution in [2.75, 3.05) is 7.11 Å². The zero-order valence-electron chi connectivity index (χ0n) is 11.2. The van der Waals surface area contributed by atoms with Gasteiger partial charge in [0.1, 0.15) is 11.6 Å². The van der Waals surface area contributed by atoms with Crippen molar-refractivity contribution in [3.63, 3.8) is 0 Å². The van der Waals surface area contributed by atoms with E-state index < -0.39 is 22.4 Å². The Morgan fingerprint density at radius 2 is 2.00 bits per heavy atom. The number of nitro groups is 1. The highest BCUT2D eigenvalue weighted by atomic mass is 35.5. The van der Waals surface area contributed by atoms with Crippen LogP contribution in [0.15, 0.2) is 36.4 Å². The van der Waals surface area contributed by atoms with Crippen LogP contribution in [0.25, 0.3) is 0 Å². The van der Waals surface area contributed by atoms with Crippen LogP contribution < -0.4 is 9.47 Å². The number of nitro benzene ring substituents is 1. The summed E-state index contributed by atoms with van der Waals surface area (Å²) in [6.45, 7) is 0. The molecule has 0 amide bonds. The molecule has 0 aliphatic rings. The largest absolute Gasteiger partial charge is 0.496 e. The van der Waals surface area contributed by atoms with Gasteiger partial charge >= 0.3 is 11.7 Å². The number of hydrogen-bond acceptors (Lipinski definition) is 5. The molecule has 0 N–H and O–H groups in total. The number of hydrogen-bond donors (Lipinski definition) is 0. The highest BCUT2D eigenvalue weighted by Crippen LogP contribution is 2.32. The lowest BCUT2D eigenvalue weighted by Crippen LogP contribution is -2.10. The van der Waals surface area contributed by atoms with Gasteiger partial charge in [-0.05, 0) is 30.3 Å². The molecule has 0 saturated carbocycles. The Labute approximate surface area is 129 Å². The van der Waals surface area contributed by atoms with Crippen molar-refractivity contribution in [1.29, 1.82) is 0 Å². The van der Waals surface area contributed by atoms with E-state index >= 15 is 0 Å². The zero-order valence-corrected chi connectivity index (χ0v) is 12.0. The number of methoxy groups -OCH3 is 1. The number of halogens is 2. The topological polar surface area (TPSA) is 78.7 Å². The minimum Gasteiger partial charge on any atom is -0.496 e. The number of benzene rings is 2. The number of carbonyl (C=O) groups excluding carboxylic acids is 1. The van der Waals surface area contributed by atoms with Gasteiger partial charge in [-0.1, -0.05) is 11.6 Å². The molecule has 0 aliphatic carbocycles. The van der Waals surface area contributed by atoms with Crippen molar-refractivity contribution < 1.29 is 23.6 Å². The molecule has 0 unspecified atom stereocenters. The fraction of sp³-hybridized carbons (Fsp3) is 0.0714. The molecule has 2 aromatic carbocycles. The summed E-state index contributed by atoms with van der Waals surface area (Å²) < 4.78 is 22.8. The molecule has 2 rings (SSSR count). The lowest BCUT2D eigenvalue weighted by Gasteiger charge is -2.07. The van der Waals surface area contributed by atoms with E-state index in [1.807, 2.05) is 0 Å². The number of esters is 1. The van der Waals surface area contributed by atoms with Gasteiger partial charge in [0.2, 0.25) is 5.75 Å². The van der Waals surface area contributed by atoms with Crippen LogP contribution in [0.4, 0.5) is 10.1 Å². The van der Waals surface area contributed by atoms with E-state index in [1.54, 1.807) is 0 Å². The lowest BCUT2D eigenvalue weighted by atomic mass is 10.2. The van der Waals surface area contributed by atoms with Crippen LogP contribution in [0.5, 0.6) is 11.5 Å². The molecule has 2 aromatic rings. The van der Waals surface area contributed by atoms with Gasteiger partial charge in [0.15, 0.2) is 0 Å². The molecule has 0 spiro atoms. The van der Waals surface area contributed by atoms with Gasteiger partial charge in [-0.25, -0.2) is 9.18 Å². The van der Waals surface area contributed by atoms with Crippen molar-refractivity contribution in [3.8, 4) is 11.5 Å². The van der Waals surface area contributed by atoms with E-state index in [4.69, 9.17) is 21.1 Å². The molecular weight excluding hydrogens is 317 g/mol. The van der Waals surface area contributed by atoms with Crippen molar-refractivity contribution in [2.45, 2.75) is 0 Å². The predicted molar refractivity (Wildman–Crippen MR) is 76.0 cm³/mol. The standard InChI is InChI=1S/C14H9ClFNO5/c1-21-9-3-5-13(12(7-9)17(19)20)22-14(18)10-4-2-8(16)6-11(10)15/h2-7H,1H3. The first-order chi connectivity index (χ1) is 10.4. The third-order valence-electron chi connectivity index (χ3n) is 2.72. The minimum atomic E-state index is -0.932. The average Bonchev–Trinajstić information content (AvgIpc) is 2.47. The van der Waals surface area contributed by atoms with E-state index in [9.17, 15) is 19.3 Å². The first-order valence-corrected chi connectivity index (χ1v) is 6.30. The smallest absolute Gasteiger partial charge is 0.345 e. The van der Waals surface area contributed by atoms with E-state index in [-0.39, 0.29) is 22.1 Å². The molecule has 6 nitrogen and oxygen atoms in total. The third kappa shape index (κ3) is 3.32. The summed E-state index contributed by atoms with van der Waals surface area (Å²) in [5.74, 6) is -1.57. The van der Waals surface area contributed by atoms with Crippen LogP contribution in [-0.2, 0) is 0 Å². The van der Waals surface area contributed by atoms with Crippen molar-refractivity contribution in [1.82, 2.24) is 0 Å². The number of ether oxygens (including phenoxy) is 2. The second-order valence-corrected chi connectivity index (χ2v) is 4.51. The summed E-state index contributed by atoms with van der Waals surface area (Å²) in [4.78, 5) is 22.3. The molecule has 0 saturated heterocycles. The van der Waals surface area contributed by atoms with Crippen LogP contribution in [0.1, 0.15) is 10.4 Å². The Balaban J connectivity index is 2.34. The number of carbonyl (C=O) groups is 1. The molecule has 0 atom stereocenters. The van der Waals surface area contributed by atoms with Gasteiger partial charge in [0.25, 0.3) is 0 Å². The Hall–Kier alpha value is -2.67. The van der Waals surface area contributed by atoms with Crippen LogP contribution in [0, 0.1) is 15.9 Å². The first kappa shape index (κ1) is 15.7. The van der Waals surface area contributed by atoms with Crippen LogP contribution in [0.2, 0.25) is 5.02 Å². The fourth-order valence-corrected chi connectivity index (χ4v) is 1.91. The Kier molecular flexibility index (Phi) is 4.57. The summed E-state index contributed by atoms with van der Waals surface area (Å²) in [6, 6.07) is 6.86. The predicted octanol–water partition coefficient (Wildman–Crippen LogP) is 3.62. The molecule has 0 aromatic heterocycles. The van der Waals surface area contributed by atoms with Crippen molar-refractivity contribution in [3.05, 3.63) is 62.9 Å². The number of nitrogens with zero attached hydrogens (tertiary/aromatic N) is 1. The van der Waals surface area contributed by atoms with Crippen molar-refractivity contribution in [2.24, 2.45) is 0 Å². The van der Waals surface area contributed by atoms with Crippen LogP contribution >= 0.6 is 11.6 Å². The normalized spacial score (nSPS) is 10.1. The Morgan fingerprint density at radius 3 is 2.59 bits per heavy atom. The quantitative estimate of drug-likeness (QED) is 0.371. The van der Waals surface area contributed by atoms with Crippen molar-refractivity contribution >= 4 is 23.3 Å². The van der Waals surface area contributed by atoms with Gasteiger partial charge in [-0.3, -0.25) is 10.1 Å². The molecule has 0 heterocycles. The molecule has 0 aliphatic heterocycles. The van der Waals surface area contributed by atoms with E-state index in [0.29, 0.717) is 0 Å². The molecule has 0 bridgehead atoms. The van der Waals surface area contributed by atoms with E-state index in [0.717, 1.165) is 24.3 Å². The van der Waals surface area contributed by atoms with Gasteiger partial charge in [0, 0.05) is 0 Å². The fourth-order valence-electron chi connectivity index (χ4n) is 1.66. The van der Waals surface area contributed by atoms with E-state index in [2.05, 4.69) is 0 Å². The highest BCUT2D eigenvalue weighted by molar-refractivity contribution is 6.33. The monoisotopic (exact) mass is 325 g/mol. The summed E-state index contributed by atoms with van der Waals surface area (Å²) in [5.41, 5.74) is -0.542. The second-order valence-electron chi connectivity index (χ2n) is 4.10. The first-order valence-electron chi connectivity index (χ1n) is 5.92. The van der Waals surface area contributed by atoms with Gasteiger partial charge in [-0.2, -0.15) is 0 Å².